The van der Waals surface area contributed by atoms with Gasteiger partial charge in [-0.2, -0.15) is 0 Å². The van der Waals surface area contributed by atoms with Crippen LogP contribution < -0.4 is 10.1 Å². The molecule has 0 bridgehead atoms. The highest BCUT2D eigenvalue weighted by molar-refractivity contribution is 7.14. The van der Waals surface area contributed by atoms with E-state index < -0.39 is 18.5 Å². The van der Waals surface area contributed by atoms with Crippen molar-refractivity contribution in [2.24, 2.45) is 0 Å². The molecule has 6 nitrogen and oxygen atoms in total. The van der Waals surface area contributed by atoms with Gasteiger partial charge in [-0.15, -0.1) is 11.3 Å². The van der Waals surface area contributed by atoms with Crippen molar-refractivity contribution < 1.29 is 19.1 Å². The number of thiazole rings is 1. The first-order chi connectivity index (χ1) is 13.5. The molecule has 0 aliphatic rings. The number of nitrogens with zero attached hydrogens (tertiary/aromatic N) is 1. The van der Waals surface area contributed by atoms with E-state index in [0.717, 1.165) is 11.3 Å². The predicted molar refractivity (Wildman–Crippen MR) is 109 cm³/mol. The van der Waals surface area contributed by atoms with Crippen LogP contribution in [0.4, 0.5) is 5.13 Å². The van der Waals surface area contributed by atoms with E-state index in [1.165, 1.54) is 23.5 Å². The molecule has 0 fully saturated rings. The van der Waals surface area contributed by atoms with E-state index in [9.17, 15) is 9.59 Å². The number of nitrogens with one attached hydrogen (secondary N) is 1. The first-order valence-electron chi connectivity index (χ1n) is 7.98. The lowest BCUT2D eigenvalue weighted by Crippen LogP contribution is -2.21. The van der Waals surface area contributed by atoms with Crippen LogP contribution in [0.2, 0.25) is 10.0 Å². The van der Waals surface area contributed by atoms with Gasteiger partial charge in [0.15, 0.2) is 11.7 Å². The first-order valence-corrected chi connectivity index (χ1v) is 9.62. The van der Waals surface area contributed by atoms with Gasteiger partial charge in [0.05, 0.1) is 23.4 Å². The molecule has 3 rings (SSSR count). The largest absolute Gasteiger partial charge is 0.497 e. The molecule has 144 valence electrons. The van der Waals surface area contributed by atoms with Crippen molar-refractivity contribution in [3.05, 3.63) is 63.5 Å². The molecule has 2 aromatic carbocycles. The number of hydrogen-bond acceptors (Lipinski definition) is 6. The van der Waals surface area contributed by atoms with Crippen LogP contribution >= 0.6 is 34.5 Å². The van der Waals surface area contributed by atoms with Gasteiger partial charge in [-0.25, -0.2) is 9.78 Å². The van der Waals surface area contributed by atoms with Crippen molar-refractivity contribution in [3.63, 3.8) is 0 Å². The zero-order chi connectivity index (χ0) is 20.1. The summed E-state index contributed by atoms with van der Waals surface area (Å²) in [7, 11) is 1.60. The minimum atomic E-state index is -0.735. The number of methoxy groups -OCH3 is 1. The van der Waals surface area contributed by atoms with Gasteiger partial charge >= 0.3 is 5.97 Å². The van der Waals surface area contributed by atoms with Gasteiger partial charge in [0.2, 0.25) is 0 Å². The number of benzene rings is 2. The molecular weight excluding hydrogens is 423 g/mol. The van der Waals surface area contributed by atoms with E-state index in [1.54, 1.807) is 13.2 Å². The number of aromatic nitrogens is 1. The fraction of sp³-hybridized carbons (Fsp3) is 0.105. The average molecular weight is 437 g/mol. The fourth-order valence-corrected chi connectivity index (χ4v) is 3.35. The molecule has 0 unspecified atom stereocenters. The quantitative estimate of drug-likeness (QED) is 0.554. The van der Waals surface area contributed by atoms with E-state index in [0.29, 0.717) is 15.8 Å². The monoisotopic (exact) mass is 436 g/mol. The lowest BCUT2D eigenvalue weighted by Gasteiger charge is -2.06. The Morgan fingerprint density at radius 2 is 1.89 bits per heavy atom. The minimum absolute atomic E-state index is 0.0954. The van der Waals surface area contributed by atoms with E-state index in [1.807, 2.05) is 29.6 Å². The Hall–Kier alpha value is -2.61. The molecule has 1 N–H and O–H groups in total. The second-order valence-electron chi connectivity index (χ2n) is 5.51. The Kier molecular flexibility index (Phi) is 6.51. The summed E-state index contributed by atoms with van der Waals surface area (Å²) in [5.74, 6) is -0.503. The summed E-state index contributed by atoms with van der Waals surface area (Å²) in [6, 6.07) is 11.8. The lowest BCUT2D eigenvalue weighted by molar-refractivity contribution is -0.119. The standard InChI is InChI=1S/C19H14Cl2N2O4S/c1-26-13-5-2-11(3-6-13)16-10-28-19(22-16)23-17(24)9-27-18(25)14-8-12(20)4-7-15(14)21/h2-8,10H,9H2,1H3,(H,22,23,24). The van der Waals surface area contributed by atoms with Crippen molar-refractivity contribution in [2.45, 2.75) is 0 Å². The number of carbonyl (C=O) groups is 2. The summed E-state index contributed by atoms with van der Waals surface area (Å²) in [6.45, 7) is -0.473. The van der Waals surface area contributed by atoms with Gasteiger partial charge in [0.1, 0.15) is 5.75 Å². The molecule has 0 saturated carbocycles. The minimum Gasteiger partial charge on any atom is -0.497 e. The lowest BCUT2D eigenvalue weighted by atomic mass is 10.2. The maximum absolute atomic E-state index is 12.0. The number of hydrogen-bond donors (Lipinski definition) is 1. The van der Waals surface area contributed by atoms with Crippen LogP contribution in [-0.4, -0.2) is 30.6 Å². The van der Waals surface area contributed by atoms with Crippen molar-refractivity contribution in [2.75, 3.05) is 19.0 Å². The van der Waals surface area contributed by atoms with Gasteiger partial charge in [-0.1, -0.05) is 23.2 Å². The number of halogens is 2. The molecule has 0 radical (unpaired) electrons. The third-order valence-electron chi connectivity index (χ3n) is 3.62. The van der Waals surface area contributed by atoms with Crippen LogP contribution in [0.25, 0.3) is 11.3 Å². The maximum atomic E-state index is 12.0. The number of anilines is 1. The van der Waals surface area contributed by atoms with Crippen LogP contribution in [0.1, 0.15) is 10.4 Å². The van der Waals surface area contributed by atoms with E-state index in [-0.39, 0.29) is 10.6 Å². The maximum Gasteiger partial charge on any atom is 0.340 e. The van der Waals surface area contributed by atoms with Crippen molar-refractivity contribution in [1.29, 1.82) is 0 Å². The molecule has 9 heteroatoms. The van der Waals surface area contributed by atoms with Crippen LogP contribution in [0.5, 0.6) is 5.75 Å². The second-order valence-corrected chi connectivity index (χ2v) is 7.22. The SMILES string of the molecule is COc1ccc(-c2csc(NC(=O)COC(=O)c3cc(Cl)ccc3Cl)n2)cc1. The number of esters is 1. The molecule has 1 amide bonds. The number of rotatable bonds is 6. The smallest absolute Gasteiger partial charge is 0.340 e. The van der Waals surface area contributed by atoms with Gasteiger partial charge in [0.25, 0.3) is 5.91 Å². The first kappa shape index (κ1) is 20.1. The summed E-state index contributed by atoms with van der Waals surface area (Å²) in [6.07, 6.45) is 0. The van der Waals surface area contributed by atoms with Crippen molar-refractivity contribution in [1.82, 2.24) is 4.98 Å². The second kappa shape index (κ2) is 9.05. The van der Waals surface area contributed by atoms with Gasteiger partial charge in [-0.05, 0) is 42.5 Å². The average Bonchev–Trinajstić information content (AvgIpc) is 3.16. The Morgan fingerprint density at radius 3 is 2.61 bits per heavy atom. The van der Waals surface area contributed by atoms with E-state index in [4.69, 9.17) is 32.7 Å². The summed E-state index contributed by atoms with van der Waals surface area (Å²) in [4.78, 5) is 28.4. The summed E-state index contributed by atoms with van der Waals surface area (Å²) < 4.78 is 10.1. The highest BCUT2D eigenvalue weighted by Crippen LogP contribution is 2.26. The normalized spacial score (nSPS) is 10.4. The molecule has 0 atom stereocenters. The van der Waals surface area contributed by atoms with Gasteiger partial charge < -0.3 is 9.47 Å². The molecule has 1 heterocycles. The topological polar surface area (TPSA) is 77.5 Å². The van der Waals surface area contributed by atoms with Crippen molar-refractivity contribution >= 4 is 51.5 Å². The summed E-state index contributed by atoms with van der Waals surface area (Å²) in [5.41, 5.74) is 1.70. The number of ether oxygens (including phenoxy) is 2. The van der Waals surface area contributed by atoms with Crippen LogP contribution in [0.3, 0.4) is 0 Å². The van der Waals surface area contributed by atoms with Crippen LogP contribution in [0, 0.1) is 0 Å². The molecule has 0 saturated heterocycles. The molecule has 1 aromatic heterocycles. The van der Waals surface area contributed by atoms with E-state index >= 15 is 0 Å². The van der Waals surface area contributed by atoms with E-state index in [2.05, 4.69) is 10.3 Å². The Bertz CT molecular complexity index is 1010. The highest BCUT2D eigenvalue weighted by atomic mass is 35.5. The van der Waals surface area contributed by atoms with Gasteiger partial charge in [0, 0.05) is 16.0 Å². The molecular formula is C19H14Cl2N2O4S. The Balaban J connectivity index is 1.57. The molecule has 0 aliphatic carbocycles. The van der Waals surface area contributed by atoms with Gasteiger partial charge in [-0.3, -0.25) is 10.1 Å². The molecule has 0 spiro atoms. The summed E-state index contributed by atoms with van der Waals surface area (Å²) >= 11 is 13.0. The molecule has 28 heavy (non-hydrogen) atoms. The highest BCUT2D eigenvalue weighted by Gasteiger charge is 2.15. The number of carbonyl (C=O) groups excluding carboxylic acids is 2. The fourth-order valence-electron chi connectivity index (χ4n) is 2.24. The Morgan fingerprint density at radius 1 is 1.14 bits per heavy atom. The zero-order valence-corrected chi connectivity index (χ0v) is 16.9. The Labute approximate surface area is 175 Å². The third kappa shape index (κ3) is 5.01. The number of amides is 1. The molecule has 0 aliphatic heterocycles. The van der Waals surface area contributed by atoms with Crippen LogP contribution in [0.15, 0.2) is 47.8 Å². The predicted octanol–water partition coefficient (Wildman–Crippen LogP) is 4.92. The zero-order valence-electron chi connectivity index (χ0n) is 14.6. The van der Waals surface area contributed by atoms with Crippen molar-refractivity contribution in [3.8, 4) is 17.0 Å². The molecule has 3 aromatic rings. The summed E-state index contributed by atoms with van der Waals surface area (Å²) in [5, 5.41) is 5.34. The van der Waals surface area contributed by atoms with Crippen LogP contribution in [-0.2, 0) is 9.53 Å². The third-order valence-corrected chi connectivity index (χ3v) is 4.94.